The minimum atomic E-state index is -1.74. The van der Waals surface area contributed by atoms with Crippen molar-refractivity contribution in [2.75, 3.05) is 21.2 Å². The van der Waals surface area contributed by atoms with E-state index < -0.39 is 17.7 Å². The molecule has 0 radical (unpaired) electrons. The fraction of sp³-hybridized carbons (Fsp3) is 0.300. The molecule has 0 heterocycles. The van der Waals surface area contributed by atoms with Gasteiger partial charge in [-0.3, -0.25) is 0 Å². The number of quaternary nitrogens is 1. The van der Waals surface area contributed by atoms with Gasteiger partial charge in [0, 0.05) is 5.46 Å². The van der Waals surface area contributed by atoms with Crippen LogP contribution in [0.1, 0.15) is 10.4 Å². The predicted octanol–water partition coefficient (Wildman–Crippen LogP) is -1.02. The number of benzene rings is 1. The van der Waals surface area contributed by atoms with Crippen LogP contribution in [0.25, 0.3) is 0 Å². The number of ether oxygens (including phenoxy) is 1. The fourth-order valence-corrected chi connectivity index (χ4v) is 1.39. The second-order valence-electron chi connectivity index (χ2n) is 4.03. The molecule has 0 unspecified atom stereocenters. The lowest BCUT2D eigenvalue weighted by molar-refractivity contribution is -1.00. The van der Waals surface area contributed by atoms with Crippen LogP contribution in [-0.2, 0) is 0 Å². The van der Waals surface area contributed by atoms with Crippen molar-refractivity contribution in [2.45, 2.75) is 0 Å². The highest BCUT2D eigenvalue weighted by Gasteiger charge is 2.28. The van der Waals surface area contributed by atoms with Crippen LogP contribution in [-0.4, -0.2) is 54.1 Å². The van der Waals surface area contributed by atoms with E-state index in [2.05, 4.69) is 0 Å². The van der Waals surface area contributed by atoms with E-state index in [1.165, 1.54) is 39.4 Å². The number of hydrogen-bond acceptors (Lipinski definition) is 5. The van der Waals surface area contributed by atoms with Crippen molar-refractivity contribution >= 4 is 18.5 Å². The average molecular weight is 240 g/mol. The van der Waals surface area contributed by atoms with Crippen molar-refractivity contribution in [3.63, 3.8) is 0 Å². The van der Waals surface area contributed by atoms with Crippen molar-refractivity contribution in [2.24, 2.45) is 0 Å². The van der Waals surface area contributed by atoms with Crippen molar-refractivity contribution in [3.05, 3.63) is 23.8 Å². The third-order valence-corrected chi connectivity index (χ3v) is 2.25. The third-order valence-electron chi connectivity index (χ3n) is 2.25. The number of amides is 1. The smallest absolute Gasteiger partial charge is 0.492 e. The first kappa shape index (κ1) is 13.7. The van der Waals surface area contributed by atoms with Crippen LogP contribution in [0.3, 0.4) is 0 Å². The van der Waals surface area contributed by atoms with Crippen LogP contribution < -0.4 is 10.2 Å². The van der Waals surface area contributed by atoms with E-state index in [4.69, 9.17) is 14.8 Å². The number of hydroxylamine groups is 3. The Bertz CT molecular complexity index is 427. The lowest BCUT2D eigenvalue weighted by Crippen LogP contribution is -2.42. The highest BCUT2D eigenvalue weighted by molar-refractivity contribution is 6.59. The number of rotatable bonds is 3. The molecular formula is C10H15BNO5+. The lowest BCUT2D eigenvalue weighted by Gasteiger charge is -2.17. The van der Waals surface area contributed by atoms with Crippen molar-refractivity contribution in [1.82, 2.24) is 0 Å². The molecule has 0 aliphatic heterocycles. The molecule has 0 saturated heterocycles. The number of nitrogens with zero attached hydrogens (tertiary/aromatic N) is 1. The first-order valence-electron chi connectivity index (χ1n) is 4.93. The van der Waals surface area contributed by atoms with Gasteiger partial charge in [0.1, 0.15) is 19.8 Å². The zero-order valence-electron chi connectivity index (χ0n) is 9.91. The van der Waals surface area contributed by atoms with Crippen molar-refractivity contribution < 1.29 is 29.4 Å². The quantitative estimate of drug-likeness (QED) is 0.272. The first-order valence-corrected chi connectivity index (χ1v) is 4.93. The number of hydrogen-bond donors (Lipinski definition) is 3. The topological polar surface area (TPSA) is 87.0 Å². The molecule has 7 heteroatoms. The number of methoxy groups -OCH3 is 1. The van der Waals surface area contributed by atoms with Gasteiger partial charge in [-0.05, 0) is 18.2 Å². The van der Waals surface area contributed by atoms with Gasteiger partial charge >= 0.3 is 13.0 Å². The van der Waals surface area contributed by atoms with Gasteiger partial charge in [-0.15, -0.1) is 4.65 Å². The largest absolute Gasteiger partial charge is 0.497 e. The minimum Gasteiger partial charge on any atom is -0.497 e. The lowest BCUT2D eigenvalue weighted by atomic mass is 9.78. The second-order valence-corrected chi connectivity index (χ2v) is 4.03. The van der Waals surface area contributed by atoms with Crippen LogP contribution in [0.4, 0.5) is 0 Å². The maximum Gasteiger partial charge on any atom is 0.492 e. The van der Waals surface area contributed by atoms with Crippen LogP contribution in [0.5, 0.6) is 5.75 Å². The molecule has 0 fully saturated rings. The van der Waals surface area contributed by atoms with Gasteiger partial charge in [-0.1, -0.05) is 0 Å². The van der Waals surface area contributed by atoms with Crippen LogP contribution in [0.15, 0.2) is 18.2 Å². The number of carbonyl (C=O) groups is 1. The van der Waals surface area contributed by atoms with E-state index in [9.17, 15) is 10.0 Å². The molecular weight excluding hydrogens is 225 g/mol. The van der Waals surface area contributed by atoms with Crippen molar-refractivity contribution in [3.8, 4) is 5.75 Å². The SMILES string of the molecule is COc1ccc(C(=O)[N+](C)(C)O)cc1B(O)O. The Morgan fingerprint density at radius 1 is 1.35 bits per heavy atom. The Balaban J connectivity index is 3.22. The van der Waals surface area contributed by atoms with Gasteiger partial charge < -0.3 is 14.8 Å². The average Bonchev–Trinajstić information content (AvgIpc) is 2.25. The molecule has 1 aromatic carbocycles. The zero-order valence-corrected chi connectivity index (χ0v) is 9.91. The summed E-state index contributed by atoms with van der Waals surface area (Å²) in [5.74, 6) is -0.297. The number of carbonyl (C=O) groups excluding carboxylic acids is 1. The van der Waals surface area contributed by atoms with E-state index in [0.717, 1.165) is 0 Å². The van der Waals surface area contributed by atoms with E-state index >= 15 is 0 Å². The van der Waals surface area contributed by atoms with E-state index in [1.54, 1.807) is 0 Å². The molecule has 17 heavy (non-hydrogen) atoms. The fourth-order valence-electron chi connectivity index (χ4n) is 1.39. The molecule has 1 rings (SSSR count). The summed E-state index contributed by atoms with van der Waals surface area (Å²) in [7, 11) is 2.25. The Hall–Kier alpha value is -1.41. The van der Waals surface area contributed by atoms with Crippen LogP contribution >= 0.6 is 0 Å². The van der Waals surface area contributed by atoms with Gasteiger partial charge in [0.05, 0.1) is 12.7 Å². The predicted molar refractivity (Wildman–Crippen MR) is 61.0 cm³/mol. The van der Waals surface area contributed by atoms with Gasteiger partial charge in [0.2, 0.25) is 0 Å². The Kier molecular flexibility index (Phi) is 3.89. The van der Waals surface area contributed by atoms with Crippen LogP contribution in [0, 0.1) is 0 Å². The summed E-state index contributed by atoms with van der Waals surface area (Å²) in [6.07, 6.45) is 0. The normalized spacial score (nSPS) is 11.2. The summed E-state index contributed by atoms with van der Waals surface area (Å²) in [5, 5.41) is 27.8. The third kappa shape index (κ3) is 3.04. The molecule has 0 aromatic heterocycles. The monoisotopic (exact) mass is 240 g/mol. The molecule has 0 bridgehead atoms. The highest BCUT2D eigenvalue weighted by Crippen LogP contribution is 2.12. The zero-order chi connectivity index (χ0) is 13.2. The molecule has 0 aliphatic rings. The molecule has 6 nitrogen and oxygen atoms in total. The Morgan fingerprint density at radius 2 is 1.94 bits per heavy atom. The summed E-state index contributed by atoms with van der Waals surface area (Å²) in [5.41, 5.74) is 0.244. The Labute approximate surface area is 99.4 Å². The van der Waals surface area contributed by atoms with E-state index in [0.29, 0.717) is 0 Å². The van der Waals surface area contributed by atoms with Gasteiger partial charge in [0.25, 0.3) is 0 Å². The molecule has 92 valence electrons. The molecule has 1 amide bonds. The molecule has 1 aromatic rings. The summed E-state index contributed by atoms with van der Waals surface area (Å²) in [6, 6.07) is 4.17. The summed E-state index contributed by atoms with van der Waals surface area (Å²) in [4.78, 5) is 11.8. The summed E-state index contributed by atoms with van der Waals surface area (Å²) >= 11 is 0. The van der Waals surface area contributed by atoms with Gasteiger partial charge in [-0.25, -0.2) is 10.0 Å². The minimum absolute atomic E-state index is 0.0757. The Morgan fingerprint density at radius 3 is 2.35 bits per heavy atom. The molecule has 0 atom stereocenters. The second kappa shape index (κ2) is 4.85. The van der Waals surface area contributed by atoms with E-state index in [-0.39, 0.29) is 16.8 Å². The molecule has 0 aliphatic carbocycles. The molecule has 0 saturated carbocycles. The molecule has 0 spiro atoms. The van der Waals surface area contributed by atoms with Gasteiger partial charge in [-0.2, -0.15) is 0 Å². The summed E-state index contributed by atoms with van der Waals surface area (Å²) in [6.45, 7) is 0. The maximum absolute atomic E-state index is 11.8. The van der Waals surface area contributed by atoms with Crippen LogP contribution in [0.2, 0.25) is 0 Å². The highest BCUT2D eigenvalue weighted by atomic mass is 16.6. The standard InChI is InChI=1S/C10H15BNO5/c1-12(2,16)10(13)7-4-5-9(17-3)8(6-7)11(14)15/h4-6,14-16H,1-3H3/q+1. The maximum atomic E-state index is 11.8. The first-order chi connectivity index (χ1) is 7.77. The van der Waals surface area contributed by atoms with Crippen molar-refractivity contribution in [1.29, 1.82) is 0 Å². The summed E-state index contributed by atoms with van der Waals surface area (Å²) < 4.78 is 4.06. The van der Waals surface area contributed by atoms with Gasteiger partial charge in [0.15, 0.2) is 0 Å². The molecule has 3 N–H and O–H groups in total. The van der Waals surface area contributed by atoms with E-state index in [1.807, 2.05) is 0 Å².